The molecule has 1 aliphatic carbocycles. The molecule has 0 aromatic heterocycles. The molecule has 37 heavy (non-hydrogen) atoms. The van der Waals surface area contributed by atoms with Crippen LogP contribution in [0.1, 0.15) is 80.1 Å². The van der Waals surface area contributed by atoms with Crippen molar-refractivity contribution in [2.45, 2.75) is 82.5 Å². The minimum Gasteiger partial charge on any atom is -0.352 e. The van der Waals surface area contributed by atoms with Gasteiger partial charge in [-0.1, -0.05) is 46.8 Å². The normalized spacial score (nSPS) is 28.3. The molecule has 1 aromatic rings. The summed E-state index contributed by atoms with van der Waals surface area (Å²) in [4.78, 5) is 17.9. The molecule has 1 N–H and O–H groups in total. The second-order valence-corrected chi connectivity index (χ2v) is 12.3. The Hall–Kier alpha value is -1.38. The van der Waals surface area contributed by atoms with Crippen LogP contribution in [0.25, 0.3) is 0 Å². The third-order valence-corrected chi connectivity index (χ3v) is 9.64. The van der Waals surface area contributed by atoms with Gasteiger partial charge < -0.3 is 5.32 Å². The van der Waals surface area contributed by atoms with E-state index in [2.05, 4.69) is 37.1 Å². The topological polar surface area (TPSA) is 35.6 Å². The first kappa shape index (κ1) is 27.2. The van der Waals surface area contributed by atoms with Gasteiger partial charge in [0.1, 0.15) is 0 Å². The number of nitrogens with zero attached hydrogens (tertiary/aromatic N) is 2. The van der Waals surface area contributed by atoms with Gasteiger partial charge in [-0.3, -0.25) is 14.6 Å². The Morgan fingerprint density at radius 2 is 1.92 bits per heavy atom. The lowest BCUT2D eigenvalue weighted by molar-refractivity contribution is -0.138. The number of unbranched alkanes of at least 4 members (excludes halogenated alkanes) is 3. The van der Waals surface area contributed by atoms with E-state index in [1.54, 1.807) is 5.57 Å². The summed E-state index contributed by atoms with van der Waals surface area (Å²) in [6.45, 7) is 5.39. The molecule has 0 spiro atoms. The van der Waals surface area contributed by atoms with Gasteiger partial charge in [-0.2, -0.15) is 13.2 Å². The largest absolute Gasteiger partial charge is 0.417 e. The molecule has 204 valence electrons. The third kappa shape index (κ3) is 6.27. The molecule has 3 fully saturated rings. The number of carbonyl (C=O) groups excluding carboxylic acids is 1. The number of alkyl halides is 3. The Balaban J connectivity index is 1.04. The molecule has 0 unspecified atom stereocenters. The molecule has 4 nitrogen and oxygen atoms in total. The number of fused-ring (bicyclic) bond motifs is 6. The molecule has 3 saturated heterocycles. The van der Waals surface area contributed by atoms with Gasteiger partial charge in [0.25, 0.3) is 5.91 Å². The Bertz CT molecular complexity index is 997. The van der Waals surface area contributed by atoms with Crippen molar-refractivity contribution in [3.63, 3.8) is 0 Å². The highest BCUT2D eigenvalue weighted by Gasteiger charge is 2.45. The van der Waals surface area contributed by atoms with Crippen molar-refractivity contribution in [1.29, 1.82) is 0 Å². The van der Waals surface area contributed by atoms with Gasteiger partial charge in [0.05, 0.1) is 5.56 Å². The molecule has 3 heterocycles. The maximum Gasteiger partial charge on any atom is 0.417 e. The minimum absolute atomic E-state index is 0.0396. The average Bonchev–Trinajstić information content (AvgIpc) is 2.87. The van der Waals surface area contributed by atoms with Crippen LogP contribution in [0.2, 0.25) is 0 Å². The van der Waals surface area contributed by atoms with Gasteiger partial charge in [-0.15, -0.1) is 0 Å². The van der Waals surface area contributed by atoms with Crippen LogP contribution < -0.4 is 5.32 Å². The number of amides is 1. The number of nitrogens with one attached hydrogen (secondary N) is 1. The van der Waals surface area contributed by atoms with Crippen molar-refractivity contribution in [2.24, 2.45) is 11.8 Å². The summed E-state index contributed by atoms with van der Waals surface area (Å²) in [6.07, 6.45) is 10.4. The number of hydrogen-bond donors (Lipinski definition) is 1. The number of rotatable bonds is 8. The van der Waals surface area contributed by atoms with Crippen LogP contribution in [0.4, 0.5) is 13.2 Å². The van der Waals surface area contributed by atoms with E-state index in [-0.39, 0.29) is 10.0 Å². The molecule has 4 aliphatic rings. The molecule has 3 aliphatic heterocycles. The van der Waals surface area contributed by atoms with E-state index in [0.717, 1.165) is 56.2 Å². The van der Waals surface area contributed by atoms with Crippen LogP contribution in [-0.4, -0.2) is 60.5 Å². The van der Waals surface area contributed by atoms with Crippen molar-refractivity contribution < 1.29 is 18.0 Å². The van der Waals surface area contributed by atoms with Crippen molar-refractivity contribution in [1.82, 2.24) is 15.1 Å². The smallest absolute Gasteiger partial charge is 0.352 e. The number of carbonyl (C=O) groups is 1. The van der Waals surface area contributed by atoms with Crippen molar-refractivity contribution >= 4 is 21.8 Å². The zero-order valence-electron chi connectivity index (χ0n) is 21.5. The van der Waals surface area contributed by atoms with Crippen LogP contribution >= 0.6 is 15.9 Å². The lowest BCUT2D eigenvalue weighted by Gasteiger charge is -2.55. The molecular weight excluding hydrogens is 543 g/mol. The molecule has 5 rings (SSSR count). The Labute approximate surface area is 227 Å². The van der Waals surface area contributed by atoms with Crippen LogP contribution in [0.3, 0.4) is 0 Å². The standard InChI is InChI=1S/C29H39BrF3N3O/c30-25-11-10-21(18-24(25)29(31,32)33)28(37)34-12-4-1-2-5-13-35-15-7-8-20-16-22-17-23(27(20)35)19-36-14-6-3-9-26(22)36/h10-11,16,18,22-23,26-27H,1-9,12-15,17,19H2,(H,34,37)/t22-,23+,26-,27-/m1/s1. The van der Waals surface area contributed by atoms with Crippen molar-refractivity contribution in [2.75, 3.05) is 32.7 Å². The fourth-order valence-corrected chi connectivity index (χ4v) is 7.79. The average molecular weight is 583 g/mol. The summed E-state index contributed by atoms with van der Waals surface area (Å²) in [6, 6.07) is 5.04. The summed E-state index contributed by atoms with van der Waals surface area (Å²) in [5.41, 5.74) is 0.938. The first-order valence-corrected chi connectivity index (χ1v) is 14.9. The maximum absolute atomic E-state index is 13.1. The fraction of sp³-hybridized carbons (Fsp3) is 0.690. The Morgan fingerprint density at radius 1 is 1.08 bits per heavy atom. The van der Waals surface area contributed by atoms with E-state index in [1.807, 2.05) is 0 Å². The molecule has 1 amide bonds. The Morgan fingerprint density at radius 3 is 2.76 bits per heavy atom. The van der Waals surface area contributed by atoms with Gasteiger partial charge in [0.15, 0.2) is 0 Å². The zero-order chi connectivity index (χ0) is 26.0. The van der Waals surface area contributed by atoms with Crippen molar-refractivity contribution in [3.05, 3.63) is 45.4 Å². The molecule has 8 heteroatoms. The highest BCUT2D eigenvalue weighted by atomic mass is 79.9. The predicted octanol–water partition coefficient (Wildman–Crippen LogP) is 6.65. The van der Waals surface area contributed by atoms with Gasteiger partial charge in [-0.05, 0) is 94.6 Å². The molecule has 0 saturated carbocycles. The number of piperidine rings is 3. The first-order chi connectivity index (χ1) is 17.8. The first-order valence-electron chi connectivity index (χ1n) is 14.1. The molecule has 4 atom stereocenters. The Kier molecular flexibility index (Phi) is 8.66. The zero-order valence-corrected chi connectivity index (χ0v) is 23.1. The number of hydrogen-bond acceptors (Lipinski definition) is 3. The van der Waals surface area contributed by atoms with E-state index >= 15 is 0 Å². The SMILES string of the molecule is O=C(NCCCCCCN1CCCC2=C[C@@H]3C[C@@H](CN4CCCC[C@H]34)[C@@H]21)c1ccc(Br)c(C(F)(F)F)c1. The number of halogens is 4. The van der Waals surface area contributed by atoms with Gasteiger partial charge in [0, 0.05) is 35.2 Å². The monoisotopic (exact) mass is 581 g/mol. The van der Waals surface area contributed by atoms with E-state index in [9.17, 15) is 18.0 Å². The summed E-state index contributed by atoms with van der Waals surface area (Å²) >= 11 is 2.92. The second-order valence-electron chi connectivity index (χ2n) is 11.4. The van der Waals surface area contributed by atoms with E-state index in [1.165, 1.54) is 70.3 Å². The highest BCUT2D eigenvalue weighted by Crippen LogP contribution is 2.45. The lowest BCUT2D eigenvalue weighted by Crippen LogP contribution is -2.59. The fourth-order valence-electron chi connectivity index (χ4n) is 7.32. The van der Waals surface area contributed by atoms with Crippen LogP contribution in [0.15, 0.2) is 34.3 Å². The molecule has 1 aromatic carbocycles. The van der Waals surface area contributed by atoms with E-state index < -0.39 is 17.6 Å². The van der Waals surface area contributed by atoms with E-state index in [4.69, 9.17) is 0 Å². The van der Waals surface area contributed by atoms with Crippen LogP contribution in [0, 0.1) is 11.8 Å². The lowest BCUT2D eigenvalue weighted by atomic mass is 9.68. The number of likely N-dealkylation sites (tertiary alicyclic amines) is 1. The molecule has 0 radical (unpaired) electrons. The minimum atomic E-state index is -4.49. The summed E-state index contributed by atoms with van der Waals surface area (Å²) < 4.78 is 39.2. The highest BCUT2D eigenvalue weighted by molar-refractivity contribution is 9.10. The van der Waals surface area contributed by atoms with Gasteiger partial charge >= 0.3 is 6.18 Å². The van der Waals surface area contributed by atoms with Gasteiger partial charge in [0.2, 0.25) is 0 Å². The second kappa shape index (κ2) is 11.8. The summed E-state index contributed by atoms with van der Waals surface area (Å²) in [5, 5.41) is 2.78. The maximum atomic E-state index is 13.1. The third-order valence-electron chi connectivity index (χ3n) is 8.95. The van der Waals surface area contributed by atoms with E-state index in [0.29, 0.717) is 12.6 Å². The summed E-state index contributed by atoms with van der Waals surface area (Å²) in [7, 11) is 0. The summed E-state index contributed by atoms with van der Waals surface area (Å²) in [5.74, 6) is 1.11. The van der Waals surface area contributed by atoms with Crippen LogP contribution in [-0.2, 0) is 6.18 Å². The van der Waals surface area contributed by atoms with Gasteiger partial charge in [-0.25, -0.2) is 0 Å². The quantitative estimate of drug-likeness (QED) is 0.275. The number of benzene rings is 1. The molecular formula is C29H39BrF3N3O. The molecule has 2 bridgehead atoms. The van der Waals surface area contributed by atoms with Crippen LogP contribution in [0.5, 0.6) is 0 Å². The predicted molar refractivity (Wildman–Crippen MR) is 143 cm³/mol. The van der Waals surface area contributed by atoms with Crippen molar-refractivity contribution in [3.8, 4) is 0 Å².